The maximum absolute atomic E-state index is 12.7. The average Bonchev–Trinajstić information content (AvgIpc) is 2.33. The van der Waals surface area contributed by atoms with Crippen molar-refractivity contribution < 1.29 is 4.39 Å². The van der Waals surface area contributed by atoms with Gasteiger partial charge >= 0.3 is 0 Å². The fraction of sp³-hybridized carbons (Fsp3) is 0.571. The van der Waals surface area contributed by atoms with Crippen molar-refractivity contribution in [2.45, 2.75) is 20.4 Å². The molecule has 0 amide bonds. The van der Waals surface area contributed by atoms with Crippen LogP contribution in [0.1, 0.15) is 19.4 Å². The van der Waals surface area contributed by atoms with E-state index in [1.807, 2.05) is 12.1 Å². The lowest BCUT2D eigenvalue weighted by Crippen LogP contribution is -2.32. The van der Waals surface area contributed by atoms with Crippen LogP contribution in [-0.2, 0) is 6.54 Å². The van der Waals surface area contributed by atoms with Crippen molar-refractivity contribution in [1.82, 2.24) is 9.80 Å². The van der Waals surface area contributed by atoms with E-state index >= 15 is 0 Å². The lowest BCUT2D eigenvalue weighted by atomic mass is 10.2. The molecule has 0 aliphatic carbocycles. The van der Waals surface area contributed by atoms with Crippen LogP contribution in [0.25, 0.3) is 0 Å². The third kappa shape index (κ3) is 5.29. The van der Waals surface area contributed by atoms with Crippen LogP contribution in [0.5, 0.6) is 0 Å². The van der Waals surface area contributed by atoms with Crippen LogP contribution in [-0.4, -0.2) is 43.0 Å². The van der Waals surface area contributed by atoms with Gasteiger partial charge in [0.15, 0.2) is 0 Å². The molecule has 1 rings (SSSR count). The van der Waals surface area contributed by atoms with Crippen molar-refractivity contribution in [3.05, 3.63) is 35.6 Å². The van der Waals surface area contributed by atoms with Crippen molar-refractivity contribution in [3.8, 4) is 0 Å². The molecule has 0 aromatic heterocycles. The Labute approximate surface area is 104 Å². The molecule has 0 N–H and O–H groups in total. The summed E-state index contributed by atoms with van der Waals surface area (Å²) in [4.78, 5) is 4.67. The van der Waals surface area contributed by atoms with Gasteiger partial charge < -0.3 is 9.80 Å². The van der Waals surface area contributed by atoms with Gasteiger partial charge in [0.1, 0.15) is 5.82 Å². The van der Waals surface area contributed by atoms with Crippen LogP contribution >= 0.6 is 0 Å². The molecule has 0 unspecified atom stereocenters. The quantitative estimate of drug-likeness (QED) is 0.720. The largest absolute Gasteiger partial charge is 0.303 e. The summed E-state index contributed by atoms with van der Waals surface area (Å²) in [5.41, 5.74) is 1.16. The molecule has 0 saturated heterocycles. The fourth-order valence-electron chi connectivity index (χ4n) is 1.83. The molecule has 0 bridgehead atoms. The molecule has 0 aliphatic rings. The Hall–Kier alpha value is -0.930. The SMILES string of the molecule is CCN(CC)CCN(C)Cc1ccc(F)cc1. The second kappa shape index (κ2) is 7.41. The van der Waals surface area contributed by atoms with Crippen LogP contribution in [0.2, 0.25) is 0 Å². The minimum absolute atomic E-state index is 0.167. The number of hydrogen-bond donors (Lipinski definition) is 0. The van der Waals surface area contributed by atoms with E-state index in [0.29, 0.717) is 0 Å². The normalized spacial score (nSPS) is 11.4. The highest BCUT2D eigenvalue weighted by Gasteiger charge is 2.03. The monoisotopic (exact) mass is 238 g/mol. The highest BCUT2D eigenvalue weighted by molar-refractivity contribution is 5.15. The summed E-state index contributed by atoms with van der Waals surface area (Å²) >= 11 is 0. The molecule has 0 atom stereocenters. The smallest absolute Gasteiger partial charge is 0.123 e. The maximum atomic E-state index is 12.7. The molecule has 2 nitrogen and oxygen atoms in total. The fourth-order valence-corrected chi connectivity index (χ4v) is 1.83. The Bertz CT molecular complexity index is 307. The van der Waals surface area contributed by atoms with Crippen LogP contribution in [0.4, 0.5) is 4.39 Å². The first-order valence-corrected chi connectivity index (χ1v) is 6.31. The van der Waals surface area contributed by atoms with E-state index in [9.17, 15) is 4.39 Å². The molecule has 1 aromatic carbocycles. The van der Waals surface area contributed by atoms with Gasteiger partial charge in [-0.3, -0.25) is 0 Å². The summed E-state index contributed by atoms with van der Waals surface area (Å²) in [6.07, 6.45) is 0. The van der Waals surface area contributed by atoms with E-state index in [-0.39, 0.29) is 5.82 Å². The van der Waals surface area contributed by atoms with Gasteiger partial charge in [-0.15, -0.1) is 0 Å². The number of benzene rings is 1. The Kier molecular flexibility index (Phi) is 6.16. The maximum Gasteiger partial charge on any atom is 0.123 e. The highest BCUT2D eigenvalue weighted by atomic mass is 19.1. The lowest BCUT2D eigenvalue weighted by Gasteiger charge is -2.23. The zero-order valence-electron chi connectivity index (χ0n) is 11.1. The third-order valence-corrected chi connectivity index (χ3v) is 3.06. The summed E-state index contributed by atoms with van der Waals surface area (Å²) in [7, 11) is 2.10. The standard InChI is InChI=1S/C14H23FN2/c1-4-17(5-2)11-10-16(3)12-13-6-8-14(15)9-7-13/h6-9H,4-5,10-12H2,1-3H3. The van der Waals surface area contributed by atoms with E-state index in [0.717, 1.165) is 38.3 Å². The number of likely N-dealkylation sites (N-methyl/N-ethyl adjacent to an activating group) is 2. The Balaban J connectivity index is 2.34. The third-order valence-electron chi connectivity index (χ3n) is 3.06. The number of halogens is 1. The Morgan fingerprint density at radius 1 is 1.00 bits per heavy atom. The average molecular weight is 238 g/mol. The molecule has 0 heterocycles. The van der Waals surface area contributed by atoms with Gasteiger partial charge in [0.25, 0.3) is 0 Å². The zero-order valence-corrected chi connectivity index (χ0v) is 11.1. The summed E-state index contributed by atoms with van der Waals surface area (Å²) in [6, 6.07) is 6.74. The summed E-state index contributed by atoms with van der Waals surface area (Å²) in [5.74, 6) is -0.167. The predicted molar refractivity (Wildman–Crippen MR) is 70.5 cm³/mol. The number of rotatable bonds is 7. The van der Waals surface area contributed by atoms with E-state index in [4.69, 9.17) is 0 Å². The van der Waals surface area contributed by atoms with E-state index in [2.05, 4.69) is 30.7 Å². The second-order valence-electron chi connectivity index (χ2n) is 4.39. The van der Waals surface area contributed by atoms with Gasteiger partial charge in [-0.25, -0.2) is 4.39 Å². The van der Waals surface area contributed by atoms with Crippen molar-refractivity contribution in [2.24, 2.45) is 0 Å². The van der Waals surface area contributed by atoms with Crippen LogP contribution in [0.15, 0.2) is 24.3 Å². The van der Waals surface area contributed by atoms with Gasteiger partial charge in [0, 0.05) is 19.6 Å². The second-order valence-corrected chi connectivity index (χ2v) is 4.39. The van der Waals surface area contributed by atoms with Crippen molar-refractivity contribution in [2.75, 3.05) is 33.2 Å². The number of hydrogen-bond acceptors (Lipinski definition) is 2. The van der Waals surface area contributed by atoms with Gasteiger partial charge in [0.05, 0.1) is 0 Å². The molecular formula is C14H23FN2. The first-order valence-electron chi connectivity index (χ1n) is 6.31. The Morgan fingerprint density at radius 2 is 1.59 bits per heavy atom. The number of nitrogens with zero attached hydrogens (tertiary/aromatic N) is 2. The molecule has 96 valence electrons. The molecule has 0 spiro atoms. The summed E-state index contributed by atoms with van der Waals surface area (Å²) in [5, 5.41) is 0. The van der Waals surface area contributed by atoms with E-state index < -0.39 is 0 Å². The zero-order chi connectivity index (χ0) is 12.7. The molecule has 0 radical (unpaired) electrons. The minimum atomic E-state index is -0.167. The predicted octanol–water partition coefficient (Wildman–Crippen LogP) is 2.60. The van der Waals surface area contributed by atoms with Gasteiger partial charge in [-0.2, -0.15) is 0 Å². The molecule has 1 aromatic rings. The van der Waals surface area contributed by atoms with Crippen molar-refractivity contribution in [3.63, 3.8) is 0 Å². The molecule has 17 heavy (non-hydrogen) atoms. The van der Waals surface area contributed by atoms with Crippen molar-refractivity contribution in [1.29, 1.82) is 0 Å². The lowest BCUT2D eigenvalue weighted by molar-refractivity contribution is 0.236. The van der Waals surface area contributed by atoms with Crippen LogP contribution in [0, 0.1) is 5.82 Å². The molecule has 0 aliphatic heterocycles. The van der Waals surface area contributed by atoms with Crippen LogP contribution < -0.4 is 0 Å². The van der Waals surface area contributed by atoms with Gasteiger partial charge in [0.2, 0.25) is 0 Å². The molecule has 0 saturated carbocycles. The minimum Gasteiger partial charge on any atom is -0.303 e. The molecule has 3 heteroatoms. The first kappa shape index (κ1) is 14.1. The van der Waals surface area contributed by atoms with Gasteiger partial charge in [-0.05, 0) is 37.8 Å². The van der Waals surface area contributed by atoms with Crippen molar-refractivity contribution >= 4 is 0 Å². The Morgan fingerprint density at radius 3 is 2.12 bits per heavy atom. The molecule has 0 fully saturated rings. The highest BCUT2D eigenvalue weighted by Crippen LogP contribution is 2.05. The summed E-state index contributed by atoms with van der Waals surface area (Å²) in [6.45, 7) is 9.57. The first-order chi connectivity index (χ1) is 8.15. The van der Waals surface area contributed by atoms with Gasteiger partial charge in [-0.1, -0.05) is 26.0 Å². The van der Waals surface area contributed by atoms with Crippen LogP contribution in [0.3, 0.4) is 0 Å². The topological polar surface area (TPSA) is 6.48 Å². The van der Waals surface area contributed by atoms with E-state index in [1.54, 1.807) is 0 Å². The summed E-state index contributed by atoms with van der Waals surface area (Å²) < 4.78 is 12.7. The molecular weight excluding hydrogens is 215 g/mol. The van der Waals surface area contributed by atoms with E-state index in [1.165, 1.54) is 12.1 Å².